The summed E-state index contributed by atoms with van der Waals surface area (Å²) in [6, 6.07) is 31.9. The molecule has 0 fully saturated rings. The first-order valence-electron chi connectivity index (χ1n) is 12.8. The molecule has 0 saturated heterocycles. The second-order valence-corrected chi connectivity index (χ2v) is 10.8. The van der Waals surface area contributed by atoms with E-state index in [1.165, 1.54) is 17.3 Å². The summed E-state index contributed by atoms with van der Waals surface area (Å²) in [5.41, 5.74) is 2.99. The molecule has 0 spiro atoms. The predicted octanol–water partition coefficient (Wildman–Crippen LogP) is 7.42. The molecule has 5 aromatic rings. The minimum Gasteiger partial charge on any atom is -0.457 e. The summed E-state index contributed by atoms with van der Waals surface area (Å²) in [4.78, 5) is 31.5. The Kier molecular flexibility index (Phi) is 7.79. The Labute approximate surface area is 231 Å². The molecule has 0 bridgehead atoms. The van der Waals surface area contributed by atoms with Crippen molar-refractivity contribution in [1.82, 2.24) is 9.55 Å². The predicted molar refractivity (Wildman–Crippen MR) is 158 cm³/mol. The van der Waals surface area contributed by atoms with Crippen molar-refractivity contribution in [3.8, 4) is 17.2 Å². The van der Waals surface area contributed by atoms with Gasteiger partial charge in [0, 0.05) is 5.69 Å². The zero-order chi connectivity index (χ0) is 27.4. The van der Waals surface area contributed by atoms with Crippen molar-refractivity contribution < 1.29 is 9.53 Å². The van der Waals surface area contributed by atoms with Crippen LogP contribution in [0.5, 0.6) is 11.5 Å². The number of para-hydroxylation sites is 2. The highest BCUT2D eigenvalue weighted by molar-refractivity contribution is 8.00. The van der Waals surface area contributed by atoms with E-state index >= 15 is 0 Å². The van der Waals surface area contributed by atoms with E-state index in [0.717, 1.165) is 5.75 Å². The number of aromatic nitrogens is 2. The van der Waals surface area contributed by atoms with Crippen LogP contribution in [0.3, 0.4) is 0 Å². The van der Waals surface area contributed by atoms with Crippen LogP contribution in [-0.4, -0.2) is 20.7 Å². The molecule has 0 saturated carbocycles. The maximum Gasteiger partial charge on any atom is 0.266 e. The van der Waals surface area contributed by atoms with Gasteiger partial charge in [-0.1, -0.05) is 68.1 Å². The Morgan fingerprint density at radius 3 is 2.15 bits per heavy atom. The summed E-state index contributed by atoms with van der Waals surface area (Å²) in [6.07, 6.45) is 0. The highest BCUT2D eigenvalue weighted by atomic mass is 32.2. The minimum atomic E-state index is -0.514. The van der Waals surface area contributed by atoms with Gasteiger partial charge < -0.3 is 10.1 Å². The SMILES string of the molecule is CC(C)c1ccc(-n2c(S[C@@H](C)C(=O)Nc3ccc(Oc4ccccc4)cc3)nc3ccccc3c2=O)cc1. The molecule has 0 radical (unpaired) electrons. The maximum absolute atomic E-state index is 13.6. The van der Waals surface area contributed by atoms with Crippen LogP contribution in [-0.2, 0) is 4.79 Å². The molecule has 0 aliphatic carbocycles. The number of hydrogen-bond donors (Lipinski definition) is 1. The molecule has 1 N–H and O–H groups in total. The molecule has 196 valence electrons. The molecular formula is C32H29N3O3S. The van der Waals surface area contributed by atoms with Crippen LogP contribution >= 0.6 is 11.8 Å². The molecule has 0 unspecified atom stereocenters. The Balaban J connectivity index is 1.37. The normalized spacial score (nSPS) is 11.9. The van der Waals surface area contributed by atoms with Crippen molar-refractivity contribution in [2.24, 2.45) is 0 Å². The number of hydrogen-bond acceptors (Lipinski definition) is 5. The van der Waals surface area contributed by atoms with Crippen molar-refractivity contribution in [2.45, 2.75) is 37.1 Å². The van der Waals surface area contributed by atoms with Crippen molar-refractivity contribution >= 4 is 34.3 Å². The number of amides is 1. The van der Waals surface area contributed by atoms with Gasteiger partial charge in [0.2, 0.25) is 5.91 Å². The summed E-state index contributed by atoms with van der Waals surface area (Å²) < 4.78 is 7.42. The fraction of sp³-hybridized carbons (Fsp3) is 0.156. The van der Waals surface area contributed by atoms with Crippen LogP contribution in [0.25, 0.3) is 16.6 Å². The van der Waals surface area contributed by atoms with E-state index < -0.39 is 5.25 Å². The van der Waals surface area contributed by atoms with Crippen LogP contribution in [0.15, 0.2) is 113 Å². The van der Waals surface area contributed by atoms with Crippen molar-refractivity contribution in [3.05, 3.63) is 119 Å². The molecule has 0 aliphatic heterocycles. The zero-order valence-corrected chi connectivity index (χ0v) is 22.8. The minimum absolute atomic E-state index is 0.165. The highest BCUT2D eigenvalue weighted by Gasteiger charge is 2.21. The number of anilines is 1. The van der Waals surface area contributed by atoms with Gasteiger partial charge in [0.1, 0.15) is 11.5 Å². The lowest BCUT2D eigenvalue weighted by molar-refractivity contribution is -0.115. The van der Waals surface area contributed by atoms with Crippen LogP contribution in [0.2, 0.25) is 0 Å². The smallest absolute Gasteiger partial charge is 0.266 e. The first kappa shape index (κ1) is 26.3. The number of nitrogens with one attached hydrogen (secondary N) is 1. The molecule has 6 nitrogen and oxygen atoms in total. The lowest BCUT2D eigenvalue weighted by Crippen LogP contribution is -2.26. The van der Waals surface area contributed by atoms with Gasteiger partial charge in [-0.05, 0) is 79.1 Å². The summed E-state index contributed by atoms with van der Waals surface area (Å²) in [5, 5.41) is 3.43. The van der Waals surface area contributed by atoms with Crippen molar-refractivity contribution in [2.75, 3.05) is 5.32 Å². The van der Waals surface area contributed by atoms with Gasteiger partial charge in [0.25, 0.3) is 5.56 Å². The standard InChI is InChI=1S/C32H29N3O3S/c1-21(2)23-13-17-25(18-14-23)35-31(37)28-11-7-8-12-29(28)34-32(35)39-22(3)30(36)33-24-15-19-27(20-16-24)38-26-9-5-4-6-10-26/h4-22H,1-3H3,(H,33,36)/t22-/m0/s1. The molecule has 0 aliphatic rings. The van der Waals surface area contributed by atoms with Gasteiger partial charge in [-0.15, -0.1) is 0 Å². The number of nitrogens with zero attached hydrogens (tertiary/aromatic N) is 2. The topological polar surface area (TPSA) is 73.2 Å². The molecule has 7 heteroatoms. The van der Waals surface area contributed by atoms with E-state index in [1.807, 2.05) is 84.9 Å². The number of ether oxygens (including phenoxy) is 1. The average molecular weight is 536 g/mol. The molecule has 1 aromatic heterocycles. The average Bonchev–Trinajstić information content (AvgIpc) is 2.95. The summed E-state index contributed by atoms with van der Waals surface area (Å²) in [5.74, 6) is 1.60. The summed E-state index contributed by atoms with van der Waals surface area (Å²) >= 11 is 1.25. The number of benzene rings is 4. The zero-order valence-electron chi connectivity index (χ0n) is 22.0. The molecule has 39 heavy (non-hydrogen) atoms. The molecule has 5 rings (SSSR count). The maximum atomic E-state index is 13.6. The Bertz CT molecular complexity index is 1650. The third-order valence-corrected chi connectivity index (χ3v) is 7.37. The van der Waals surface area contributed by atoms with Gasteiger partial charge in [-0.3, -0.25) is 14.2 Å². The van der Waals surface area contributed by atoms with Crippen molar-refractivity contribution in [3.63, 3.8) is 0 Å². The van der Waals surface area contributed by atoms with E-state index in [2.05, 4.69) is 19.2 Å². The van der Waals surface area contributed by atoms with Crippen LogP contribution in [0.4, 0.5) is 5.69 Å². The second kappa shape index (κ2) is 11.6. The largest absolute Gasteiger partial charge is 0.457 e. The summed E-state index contributed by atoms with van der Waals surface area (Å²) in [6.45, 7) is 6.06. The third-order valence-electron chi connectivity index (χ3n) is 6.32. The number of thioether (sulfide) groups is 1. The number of carbonyl (C=O) groups excluding carboxylic acids is 1. The quantitative estimate of drug-likeness (QED) is 0.165. The van der Waals surface area contributed by atoms with E-state index in [0.29, 0.717) is 39.1 Å². The van der Waals surface area contributed by atoms with Crippen LogP contribution in [0.1, 0.15) is 32.3 Å². The highest BCUT2D eigenvalue weighted by Crippen LogP contribution is 2.28. The molecule has 1 atom stereocenters. The molecule has 1 heterocycles. The monoisotopic (exact) mass is 535 g/mol. The summed E-state index contributed by atoms with van der Waals surface area (Å²) in [7, 11) is 0. The number of fused-ring (bicyclic) bond motifs is 1. The lowest BCUT2D eigenvalue weighted by atomic mass is 10.0. The lowest BCUT2D eigenvalue weighted by Gasteiger charge is -2.17. The van der Waals surface area contributed by atoms with Crippen LogP contribution in [0, 0.1) is 0 Å². The first-order valence-corrected chi connectivity index (χ1v) is 13.7. The van der Waals surface area contributed by atoms with Gasteiger partial charge in [0.15, 0.2) is 5.16 Å². The van der Waals surface area contributed by atoms with E-state index in [9.17, 15) is 9.59 Å². The van der Waals surface area contributed by atoms with E-state index in [-0.39, 0.29) is 11.5 Å². The van der Waals surface area contributed by atoms with Gasteiger partial charge >= 0.3 is 0 Å². The van der Waals surface area contributed by atoms with Gasteiger partial charge in [-0.2, -0.15) is 0 Å². The van der Waals surface area contributed by atoms with Gasteiger partial charge in [-0.25, -0.2) is 4.98 Å². The fourth-order valence-corrected chi connectivity index (χ4v) is 5.04. The molecule has 1 amide bonds. The Morgan fingerprint density at radius 1 is 0.821 bits per heavy atom. The third kappa shape index (κ3) is 6.04. The van der Waals surface area contributed by atoms with Gasteiger partial charge in [0.05, 0.1) is 21.8 Å². The Morgan fingerprint density at radius 2 is 1.46 bits per heavy atom. The second-order valence-electron chi connectivity index (χ2n) is 9.49. The Hall–Kier alpha value is -4.36. The number of carbonyl (C=O) groups is 1. The molecule has 4 aromatic carbocycles. The molecular weight excluding hydrogens is 506 g/mol. The first-order chi connectivity index (χ1) is 18.9. The van der Waals surface area contributed by atoms with E-state index in [1.54, 1.807) is 29.7 Å². The fourth-order valence-electron chi connectivity index (χ4n) is 4.11. The van der Waals surface area contributed by atoms with E-state index in [4.69, 9.17) is 9.72 Å². The van der Waals surface area contributed by atoms with Crippen molar-refractivity contribution in [1.29, 1.82) is 0 Å². The van der Waals surface area contributed by atoms with Crippen LogP contribution < -0.4 is 15.6 Å². The number of rotatable bonds is 8.